The Hall–Kier alpha value is -2.53. The summed E-state index contributed by atoms with van der Waals surface area (Å²) >= 11 is 5.80. The summed E-state index contributed by atoms with van der Waals surface area (Å²) in [5.74, 6) is -0.267. The highest BCUT2D eigenvalue weighted by Gasteiger charge is 2.10. The van der Waals surface area contributed by atoms with Gasteiger partial charge in [-0.1, -0.05) is 29.8 Å². The van der Waals surface area contributed by atoms with Gasteiger partial charge in [-0.25, -0.2) is 4.79 Å². The van der Waals surface area contributed by atoms with Crippen LogP contribution in [0.3, 0.4) is 0 Å². The van der Waals surface area contributed by atoms with Gasteiger partial charge in [0.25, 0.3) is 5.91 Å². The van der Waals surface area contributed by atoms with Crippen molar-refractivity contribution in [2.45, 2.75) is 6.54 Å². The van der Waals surface area contributed by atoms with Gasteiger partial charge in [0.2, 0.25) is 0 Å². The third-order valence-electron chi connectivity index (χ3n) is 3.02. The predicted octanol–water partition coefficient (Wildman–Crippen LogP) is 2.82. The molecule has 2 aromatic rings. The van der Waals surface area contributed by atoms with Gasteiger partial charge in [0, 0.05) is 11.6 Å². The standard InChI is InChI=1S/C17H16ClNO4/c1-22-15-7-2-4-12(8-15)10-19-16(20)11-23-17(21)13-5-3-6-14(18)9-13/h2-9H,10-11H2,1H3,(H,19,20). The van der Waals surface area contributed by atoms with Gasteiger partial charge >= 0.3 is 5.97 Å². The topological polar surface area (TPSA) is 64.6 Å². The van der Waals surface area contributed by atoms with E-state index in [9.17, 15) is 9.59 Å². The zero-order valence-corrected chi connectivity index (χ0v) is 13.3. The third kappa shape index (κ3) is 5.30. The quantitative estimate of drug-likeness (QED) is 0.826. The first-order valence-corrected chi connectivity index (χ1v) is 7.28. The number of carbonyl (C=O) groups excluding carboxylic acids is 2. The van der Waals surface area contributed by atoms with Crippen molar-refractivity contribution in [2.75, 3.05) is 13.7 Å². The van der Waals surface area contributed by atoms with E-state index in [2.05, 4.69) is 5.32 Å². The number of halogens is 1. The number of esters is 1. The van der Waals surface area contributed by atoms with Crippen molar-refractivity contribution in [1.29, 1.82) is 0 Å². The number of hydrogen-bond acceptors (Lipinski definition) is 4. The predicted molar refractivity (Wildman–Crippen MR) is 86.6 cm³/mol. The maximum Gasteiger partial charge on any atom is 0.338 e. The summed E-state index contributed by atoms with van der Waals surface area (Å²) in [5.41, 5.74) is 1.19. The molecule has 1 amide bonds. The Morgan fingerprint density at radius 3 is 2.65 bits per heavy atom. The van der Waals surface area contributed by atoms with Crippen LogP contribution in [0.2, 0.25) is 5.02 Å². The molecule has 2 rings (SSSR count). The number of benzene rings is 2. The van der Waals surface area contributed by atoms with Crippen molar-refractivity contribution in [3.63, 3.8) is 0 Å². The maximum atomic E-state index is 11.8. The lowest BCUT2D eigenvalue weighted by Crippen LogP contribution is -2.28. The molecule has 0 saturated heterocycles. The highest BCUT2D eigenvalue weighted by molar-refractivity contribution is 6.30. The van der Waals surface area contributed by atoms with E-state index in [4.69, 9.17) is 21.1 Å². The summed E-state index contributed by atoms with van der Waals surface area (Å²) in [6.07, 6.45) is 0. The molecule has 0 bridgehead atoms. The number of rotatable bonds is 6. The van der Waals surface area contributed by atoms with Crippen LogP contribution in [0, 0.1) is 0 Å². The SMILES string of the molecule is COc1cccc(CNC(=O)COC(=O)c2cccc(Cl)c2)c1. The lowest BCUT2D eigenvalue weighted by molar-refractivity contribution is -0.124. The normalized spacial score (nSPS) is 10.0. The van der Waals surface area contributed by atoms with E-state index < -0.39 is 5.97 Å². The van der Waals surface area contributed by atoms with Crippen molar-refractivity contribution in [3.05, 3.63) is 64.7 Å². The first kappa shape index (κ1) is 16.8. The summed E-state index contributed by atoms with van der Waals surface area (Å²) in [6, 6.07) is 13.7. The highest BCUT2D eigenvalue weighted by Crippen LogP contribution is 2.12. The number of carbonyl (C=O) groups is 2. The van der Waals surface area contributed by atoms with Gasteiger partial charge in [-0.05, 0) is 35.9 Å². The van der Waals surface area contributed by atoms with E-state index in [0.717, 1.165) is 5.56 Å². The minimum Gasteiger partial charge on any atom is -0.497 e. The Kier molecular flexibility index (Phi) is 6.00. The Balaban J connectivity index is 1.79. The molecule has 0 saturated carbocycles. The van der Waals surface area contributed by atoms with Gasteiger partial charge in [0.1, 0.15) is 5.75 Å². The smallest absolute Gasteiger partial charge is 0.338 e. The second kappa shape index (κ2) is 8.19. The molecule has 0 unspecified atom stereocenters. The van der Waals surface area contributed by atoms with Crippen molar-refractivity contribution < 1.29 is 19.1 Å². The summed E-state index contributed by atoms with van der Waals surface area (Å²) in [5, 5.41) is 3.10. The number of hydrogen-bond donors (Lipinski definition) is 1. The molecule has 0 radical (unpaired) electrons. The number of ether oxygens (including phenoxy) is 2. The van der Waals surface area contributed by atoms with E-state index in [1.165, 1.54) is 6.07 Å². The van der Waals surface area contributed by atoms with Gasteiger partial charge in [-0.3, -0.25) is 4.79 Å². The van der Waals surface area contributed by atoms with Crippen molar-refractivity contribution in [2.24, 2.45) is 0 Å². The Bertz CT molecular complexity index is 702. The lowest BCUT2D eigenvalue weighted by atomic mass is 10.2. The second-order valence-electron chi connectivity index (χ2n) is 4.71. The average molecular weight is 334 g/mol. The van der Waals surface area contributed by atoms with Crippen LogP contribution in [0.5, 0.6) is 5.75 Å². The van der Waals surface area contributed by atoms with Crippen molar-refractivity contribution in [3.8, 4) is 5.75 Å². The number of nitrogens with one attached hydrogen (secondary N) is 1. The fourth-order valence-electron chi connectivity index (χ4n) is 1.86. The Morgan fingerprint density at radius 2 is 1.91 bits per heavy atom. The largest absolute Gasteiger partial charge is 0.497 e. The molecule has 1 N–H and O–H groups in total. The van der Waals surface area contributed by atoms with Crippen molar-refractivity contribution in [1.82, 2.24) is 5.32 Å². The summed E-state index contributed by atoms with van der Waals surface area (Å²) in [6.45, 7) is -0.0277. The Morgan fingerprint density at radius 1 is 1.13 bits per heavy atom. The maximum absolute atomic E-state index is 11.8. The van der Waals surface area contributed by atoms with Crippen molar-refractivity contribution >= 4 is 23.5 Å². The van der Waals surface area contributed by atoms with Crippen LogP contribution in [0.25, 0.3) is 0 Å². The fraction of sp³-hybridized carbons (Fsp3) is 0.176. The highest BCUT2D eigenvalue weighted by atomic mass is 35.5. The zero-order chi connectivity index (χ0) is 16.7. The minimum atomic E-state index is -0.593. The molecule has 6 heteroatoms. The zero-order valence-electron chi connectivity index (χ0n) is 12.5. The fourth-order valence-corrected chi connectivity index (χ4v) is 2.05. The molecule has 120 valence electrons. The molecule has 5 nitrogen and oxygen atoms in total. The van der Waals surface area contributed by atoms with E-state index >= 15 is 0 Å². The summed E-state index contributed by atoms with van der Waals surface area (Å²) < 4.78 is 10.1. The van der Waals surface area contributed by atoms with Gasteiger partial charge in [0.05, 0.1) is 12.7 Å². The molecule has 0 aromatic heterocycles. The van der Waals surface area contributed by atoms with E-state index in [-0.39, 0.29) is 12.5 Å². The van der Waals surface area contributed by atoms with Crippen LogP contribution in [-0.2, 0) is 16.1 Å². The van der Waals surface area contributed by atoms with Crippen LogP contribution in [0.4, 0.5) is 0 Å². The summed E-state index contributed by atoms with van der Waals surface area (Å²) in [4.78, 5) is 23.5. The number of methoxy groups -OCH3 is 1. The van der Waals surface area contributed by atoms with E-state index in [0.29, 0.717) is 22.9 Å². The first-order chi connectivity index (χ1) is 11.1. The van der Waals surface area contributed by atoms with E-state index in [1.54, 1.807) is 25.3 Å². The number of amides is 1. The average Bonchev–Trinajstić information content (AvgIpc) is 2.58. The minimum absolute atomic E-state index is 0.304. The van der Waals surface area contributed by atoms with Gasteiger partial charge in [0.15, 0.2) is 6.61 Å². The molecule has 0 aliphatic heterocycles. The molecule has 0 fully saturated rings. The lowest BCUT2D eigenvalue weighted by Gasteiger charge is -2.08. The van der Waals surface area contributed by atoms with Crippen LogP contribution in [-0.4, -0.2) is 25.6 Å². The van der Waals surface area contributed by atoms with Gasteiger partial charge < -0.3 is 14.8 Å². The van der Waals surface area contributed by atoms with Gasteiger partial charge in [-0.2, -0.15) is 0 Å². The summed E-state index contributed by atoms with van der Waals surface area (Å²) in [7, 11) is 1.58. The molecule has 0 heterocycles. The van der Waals surface area contributed by atoms with Crippen LogP contribution in [0.1, 0.15) is 15.9 Å². The molecule has 0 spiro atoms. The molecular weight excluding hydrogens is 318 g/mol. The van der Waals surface area contributed by atoms with Crippen LogP contribution in [0.15, 0.2) is 48.5 Å². The molecule has 23 heavy (non-hydrogen) atoms. The molecule has 0 aliphatic rings. The molecule has 0 aliphatic carbocycles. The van der Waals surface area contributed by atoms with Crippen LogP contribution < -0.4 is 10.1 Å². The van der Waals surface area contributed by atoms with Gasteiger partial charge in [-0.15, -0.1) is 0 Å². The van der Waals surface area contributed by atoms with Crippen LogP contribution >= 0.6 is 11.6 Å². The monoisotopic (exact) mass is 333 g/mol. The second-order valence-corrected chi connectivity index (χ2v) is 5.15. The third-order valence-corrected chi connectivity index (χ3v) is 3.25. The van der Waals surface area contributed by atoms with E-state index in [1.807, 2.05) is 24.3 Å². The molecule has 0 atom stereocenters. The first-order valence-electron chi connectivity index (χ1n) is 6.91. The molecule has 2 aromatic carbocycles. The molecular formula is C17H16ClNO4. The Labute approximate surface area is 139 Å².